The van der Waals surface area contributed by atoms with Crippen molar-refractivity contribution < 1.29 is 5.11 Å². The molecule has 0 aliphatic carbocycles. The van der Waals surface area contributed by atoms with Crippen LogP contribution in [0.15, 0.2) is 48.8 Å². The standard InChI is InChI=1S/C18H23NO/c1-14-4-6-16(7-5-14)13-18(2,3)17(20)12-15-8-10-19-11-9-15/h4-11,17,20H,12-13H2,1-3H3/t17-/m0/s1. The number of hydrogen-bond acceptors (Lipinski definition) is 2. The first-order chi connectivity index (χ1) is 9.47. The SMILES string of the molecule is Cc1ccc(CC(C)(C)[C@@H](O)Cc2ccncc2)cc1. The Morgan fingerprint density at radius 2 is 1.60 bits per heavy atom. The maximum Gasteiger partial charge on any atom is 0.0634 e. The van der Waals surface area contributed by atoms with E-state index in [1.54, 1.807) is 12.4 Å². The molecule has 2 rings (SSSR count). The van der Waals surface area contributed by atoms with Gasteiger partial charge in [0.2, 0.25) is 0 Å². The first kappa shape index (κ1) is 14.7. The van der Waals surface area contributed by atoms with Crippen molar-refractivity contribution in [1.82, 2.24) is 4.98 Å². The van der Waals surface area contributed by atoms with Crippen molar-refractivity contribution in [3.63, 3.8) is 0 Å². The average Bonchev–Trinajstić information content (AvgIpc) is 2.42. The van der Waals surface area contributed by atoms with Crippen LogP contribution in [0.25, 0.3) is 0 Å². The minimum absolute atomic E-state index is 0.154. The Morgan fingerprint density at radius 1 is 1.00 bits per heavy atom. The van der Waals surface area contributed by atoms with Gasteiger partial charge in [-0.15, -0.1) is 0 Å². The number of hydrogen-bond donors (Lipinski definition) is 1. The Morgan fingerprint density at radius 3 is 2.20 bits per heavy atom. The lowest BCUT2D eigenvalue weighted by atomic mass is 9.78. The number of rotatable bonds is 5. The van der Waals surface area contributed by atoms with Crippen LogP contribution in [-0.2, 0) is 12.8 Å². The van der Waals surface area contributed by atoms with Gasteiger partial charge in [-0.25, -0.2) is 0 Å². The zero-order chi connectivity index (χ0) is 14.6. The minimum atomic E-state index is -0.369. The normalized spacial score (nSPS) is 13.2. The van der Waals surface area contributed by atoms with Crippen LogP contribution in [0.1, 0.15) is 30.5 Å². The Bertz CT molecular complexity index is 531. The fourth-order valence-corrected chi connectivity index (χ4v) is 2.37. The van der Waals surface area contributed by atoms with E-state index in [0.717, 1.165) is 12.0 Å². The molecule has 1 aromatic carbocycles. The van der Waals surface area contributed by atoms with E-state index in [0.29, 0.717) is 6.42 Å². The maximum absolute atomic E-state index is 10.5. The van der Waals surface area contributed by atoms with Crippen LogP contribution >= 0.6 is 0 Å². The molecular weight excluding hydrogens is 246 g/mol. The molecule has 0 spiro atoms. The molecule has 1 atom stereocenters. The number of nitrogens with zero attached hydrogens (tertiary/aromatic N) is 1. The molecule has 20 heavy (non-hydrogen) atoms. The summed E-state index contributed by atoms with van der Waals surface area (Å²) in [5, 5.41) is 10.5. The highest BCUT2D eigenvalue weighted by Crippen LogP contribution is 2.28. The topological polar surface area (TPSA) is 33.1 Å². The zero-order valence-electron chi connectivity index (χ0n) is 12.5. The lowest BCUT2D eigenvalue weighted by Gasteiger charge is -2.31. The second-order valence-electron chi connectivity index (χ2n) is 6.23. The van der Waals surface area contributed by atoms with Crippen LogP contribution in [-0.4, -0.2) is 16.2 Å². The summed E-state index contributed by atoms with van der Waals surface area (Å²) < 4.78 is 0. The van der Waals surface area contributed by atoms with Crippen molar-refractivity contribution in [3.8, 4) is 0 Å². The smallest absolute Gasteiger partial charge is 0.0634 e. The highest BCUT2D eigenvalue weighted by atomic mass is 16.3. The van der Waals surface area contributed by atoms with Gasteiger partial charge in [-0.1, -0.05) is 43.7 Å². The molecule has 1 aromatic heterocycles. The van der Waals surface area contributed by atoms with Gasteiger partial charge in [-0.05, 0) is 48.4 Å². The number of benzene rings is 1. The first-order valence-corrected chi connectivity index (χ1v) is 7.10. The molecule has 0 fully saturated rings. The highest BCUT2D eigenvalue weighted by Gasteiger charge is 2.28. The molecule has 1 heterocycles. The molecule has 0 aliphatic heterocycles. The van der Waals surface area contributed by atoms with Gasteiger partial charge in [0.15, 0.2) is 0 Å². The molecule has 0 saturated heterocycles. The average molecular weight is 269 g/mol. The molecule has 0 unspecified atom stereocenters. The van der Waals surface area contributed by atoms with Gasteiger partial charge in [0.05, 0.1) is 6.10 Å². The van der Waals surface area contributed by atoms with Gasteiger partial charge in [0, 0.05) is 12.4 Å². The van der Waals surface area contributed by atoms with Gasteiger partial charge in [0.25, 0.3) is 0 Å². The monoisotopic (exact) mass is 269 g/mol. The Kier molecular flexibility index (Phi) is 4.56. The number of pyridine rings is 1. The molecular formula is C18H23NO. The summed E-state index contributed by atoms with van der Waals surface area (Å²) in [6.07, 6.45) is 4.72. The molecule has 0 radical (unpaired) electrons. The van der Waals surface area contributed by atoms with Gasteiger partial charge in [-0.3, -0.25) is 4.98 Å². The Balaban J connectivity index is 2.03. The highest BCUT2D eigenvalue weighted by molar-refractivity contribution is 5.22. The zero-order valence-corrected chi connectivity index (χ0v) is 12.5. The van der Waals surface area contributed by atoms with Crippen LogP contribution in [0.5, 0.6) is 0 Å². The maximum atomic E-state index is 10.5. The number of aryl methyl sites for hydroxylation is 1. The van der Waals surface area contributed by atoms with E-state index in [-0.39, 0.29) is 11.5 Å². The second kappa shape index (κ2) is 6.19. The van der Waals surface area contributed by atoms with Crippen molar-refractivity contribution in [3.05, 3.63) is 65.5 Å². The summed E-state index contributed by atoms with van der Waals surface area (Å²) in [7, 11) is 0. The largest absolute Gasteiger partial charge is 0.392 e. The Hall–Kier alpha value is -1.67. The van der Waals surface area contributed by atoms with Gasteiger partial charge in [-0.2, -0.15) is 0 Å². The Labute approximate surface area is 121 Å². The predicted octanol–water partition coefficient (Wildman–Crippen LogP) is 3.56. The predicted molar refractivity (Wildman–Crippen MR) is 82.6 cm³/mol. The quantitative estimate of drug-likeness (QED) is 0.900. The molecule has 0 aliphatic rings. The van der Waals surface area contributed by atoms with E-state index in [4.69, 9.17) is 0 Å². The van der Waals surface area contributed by atoms with E-state index in [2.05, 4.69) is 50.0 Å². The summed E-state index contributed by atoms with van der Waals surface area (Å²) in [6.45, 7) is 6.34. The second-order valence-corrected chi connectivity index (χ2v) is 6.23. The molecule has 1 N–H and O–H groups in total. The van der Waals surface area contributed by atoms with Crippen LogP contribution < -0.4 is 0 Å². The van der Waals surface area contributed by atoms with E-state index in [1.165, 1.54) is 11.1 Å². The van der Waals surface area contributed by atoms with Crippen LogP contribution in [0.4, 0.5) is 0 Å². The number of aliphatic hydroxyl groups is 1. The van der Waals surface area contributed by atoms with E-state index < -0.39 is 0 Å². The molecule has 2 heteroatoms. The van der Waals surface area contributed by atoms with E-state index >= 15 is 0 Å². The van der Waals surface area contributed by atoms with E-state index in [9.17, 15) is 5.11 Å². The van der Waals surface area contributed by atoms with Crippen LogP contribution in [0.3, 0.4) is 0 Å². The van der Waals surface area contributed by atoms with Crippen LogP contribution in [0.2, 0.25) is 0 Å². The van der Waals surface area contributed by atoms with E-state index in [1.807, 2.05) is 12.1 Å². The third kappa shape index (κ3) is 3.91. The van der Waals surface area contributed by atoms with Crippen LogP contribution in [0, 0.1) is 12.3 Å². The summed E-state index contributed by atoms with van der Waals surface area (Å²) >= 11 is 0. The fraction of sp³-hybridized carbons (Fsp3) is 0.389. The van der Waals surface area contributed by atoms with Crippen molar-refractivity contribution in [2.24, 2.45) is 5.41 Å². The number of aromatic nitrogens is 1. The summed E-state index contributed by atoms with van der Waals surface area (Å²) in [4.78, 5) is 4.01. The van der Waals surface area contributed by atoms with Crippen molar-refractivity contribution in [2.75, 3.05) is 0 Å². The van der Waals surface area contributed by atoms with Crippen molar-refractivity contribution in [2.45, 2.75) is 39.7 Å². The first-order valence-electron chi connectivity index (χ1n) is 7.10. The minimum Gasteiger partial charge on any atom is -0.392 e. The molecule has 0 amide bonds. The van der Waals surface area contributed by atoms with Gasteiger partial charge < -0.3 is 5.11 Å². The third-order valence-electron chi connectivity index (χ3n) is 3.86. The van der Waals surface area contributed by atoms with Crippen molar-refractivity contribution >= 4 is 0 Å². The third-order valence-corrected chi connectivity index (χ3v) is 3.86. The molecule has 2 nitrogen and oxygen atoms in total. The lowest BCUT2D eigenvalue weighted by molar-refractivity contribution is 0.0507. The summed E-state index contributed by atoms with van der Waals surface area (Å²) in [5.74, 6) is 0. The molecule has 2 aromatic rings. The van der Waals surface area contributed by atoms with Gasteiger partial charge >= 0.3 is 0 Å². The fourth-order valence-electron chi connectivity index (χ4n) is 2.37. The lowest BCUT2D eigenvalue weighted by Crippen LogP contribution is -2.33. The van der Waals surface area contributed by atoms with Gasteiger partial charge in [0.1, 0.15) is 0 Å². The van der Waals surface area contributed by atoms with Crippen molar-refractivity contribution in [1.29, 1.82) is 0 Å². The molecule has 106 valence electrons. The molecule has 0 saturated carbocycles. The number of aliphatic hydroxyl groups excluding tert-OH is 1. The summed E-state index contributed by atoms with van der Waals surface area (Å²) in [5.41, 5.74) is 3.51. The summed E-state index contributed by atoms with van der Waals surface area (Å²) in [6, 6.07) is 12.5. The molecule has 0 bridgehead atoms.